The van der Waals surface area contributed by atoms with Crippen LogP contribution in [0.3, 0.4) is 0 Å². The summed E-state index contributed by atoms with van der Waals surface area (Å²) in [7, 11) is 0. The third-order valence-corrected chi connectivity index (χ3v) is 4.48. The van der Waals surface area contributed by atoms with Crippen molar-refractivity contribution in [1.29, 1.82) is 0 Å². The van der Waals surface area contributed by atoms with Crippen LogP contribution >= 0.6 is 11.6 Å². The van der Waals surface area contributed by atoms with E-state index >= 15 is 0 Å². The van der Waals surface area contributed by atoms with Crippen LogP contribution in [0, 0.1) is 6.92 Å². The second kappa shape index (κ2) is 10.4. The Kier molecular flexibility index (Phi) is 7.40. The van der Waals surface area contributed by atoms with Gasteiger partial charge < -0.3 is 9.47 Å². The van der Waals surface area contributed by atoms with Crippen molar-refractivity contribution in [2.24, 2.45) is 5.10 Å². The highest BCUT2D eigenvalue weighted by Gasteiger charge is 2.14. The highest BCUT2D eigenvalue weighted by molar-refractivity contribution is 6.30. The Labute approximate surface area is 185 Å². The SMILES string of the molecule is Cc1cccc(C(=O)Oc2ccc(/C=N\NC(=O)[C@@H](C)Oc3ccc(Cl)cc3)cc2)c1. The van der Waals surface area contributed by atoms with Gasteiger partial charge in [-0.25, -0.2) is 10.2 Å². The van der Waals surface area contributed by atoms with Crippen LogP contribution in [0.15, 0.2) is 77.9 Å². The van der Waals surface area contributed by atoms with Crippen LogP contribution in [-0.2, 0) is 4.79 Å². The van der Waals surface area contributed by atoms with E-state index in [9.17, 15) is 9.59 Å². The predicted molar refractivity (Wildman–Crippen MR) is 120 cm³/mol. The molecule has 158 valence electrons. The average Bonchev–Trinajstić information content (AvgIpc) is 2.76. The van der Waals surface area contributed by atoms with Crippen LogP contribution in [0.25, 0.3) is 0 Å². The summed E-state index contributed by atoms with van der Waals surface area (Å²) >= 11 is 5.83. The molecule has 0 aromatic heterocycles. The first-order chi connectivity index (χ1) is 14.9. The topological polar surface area (TPSA) is 77.0 Å². The number of hydrazone groups is 1. The van der Waals surface area contributed by atoms with Crippen molar-refractivity contribution in [3.63, 3.8) is 0 Å². The van der Waals surface area contributed by atoms with Gasteiger partial charge in [0.15, 0.2) is 6.10 Å². The molecule has 0 fully saturated rings. The predicted octanol–water partition coefficient (Wildman–Crippen LogP) is 4.79. The summed E-state index contributed by atoms with van der Waals surface area (Å²) in [6.07, 6.45) is 0.751. The van der Waals surface area contributed by atoms with Gasteiger partial charge in [0.2, 0.25) is 0 Å². The molecule has 3 aromatic carbocycles. The first-order valence-corrected chi connectivity index (χ1v) is 9.92. The highest BCUT2D eigenvalue weighted by atomic mass is 35.5. The van der Waals surface area contributed by atoms with E-state index in [1.165, 1.54) is 6.21 Å². The smallest absolute Gasteiger partial charge is 0.343 e. The van der Waals surface area contributed by atoms with Gasteiger partial charge in [-0.3, -0.25) is 4.79 Å². The third-order valence-electron chi connectivity index (χ3n) is 4.23. The van der Waals surface area contributed by atoms with Gasteiger partial charge >= 0.3 is 5.97 Å². The van der Waals surface area contributed by atoms with E-state index in [0.717, 1.165) is 11.1 Å². The van der Waals surface area contributed by atoms with Gasteiger partial charge in [-0.2, -0.15) is 5.10 Å². The minimum absolute atomic E-state index is 0.394. The van der Waals surface area contributed by atoms with E-state index in [-0.39, 0.29) is 0 Å². The van der Waals surface area contributed by atoms with Crippen molar-refractivity contribution < 1.29 is 19.1 Å². The summed E-state index contributed by atoms with van der Waals surface area (Å²) in [5.41, 5.74) is 4.63. The lowest BCUT2D eigenvalue weighted by Gasteiger charge is -2.12. The van der Waals surface area contributed by atoms with Crippen molar-refractivity contribution >= 4 is 29.7 Å². The Hall–Kier alpha value is -3.64. The van der Waals surface area contributed by atoms with E-state index < -0.39 is 18.0 Å². The Balaban J connectivity index is 1.50. The number of hydrogen-bond donors (Lipinski definition) is 1. The first-order valence-electron chi connectivity index (χ1n) is 9.55. The second-order valence-corrected chi connectivity index (χ2v) is 7.21. The summed E-state index contributed by atoms with van der Waals surface area (Å²) < 4.78 is 10.9. The number of rotatable bonds is 7. The van der Waals surface area contributed by atoms with E-state index in [2.05, 4.69) is 10.5 Å². The zero-order valence-electron chi connectivity index (χ0n) is 17.0. The third kappa shape index (κ3) is 6.69. The number of aryl methyl sites for hydroxylation is 1. The molecule has 0 spiro atoms. The number of benzene rings is 3. The Morgan fingerprint density at radius 2 is 1.68 bits per heavy atom. The summed E-state index contributed by atoms with van der Waals surface area (Å²) in [6.45, 7) is 3.53. The van der Waals surface area contributed by atoms with Crippen LogP contribution < -0.4 is 14.9 Å². The number of nitrogens with zero attached hydrogens (tertiary/aromatic N) is 1. The van der Waals surface area contributed by atoms with Crippen LogP contribution in [0.2, 0.25) is 5.02 Å². The summed E-state index contributed by atoms with van der Waals surface area (Å²) in [5.74, 6) is 0.131. The highest BCUT2D eigenvalue weighted by Crippen LogP contribution is 2.17. The van der Waals surface area contributed by atoms with E-state index in [4.69, 9.17) is 21.1 Å². The van der Waals surface area contributed by atoms with Gasteiger partial charge in [0.25, 0.3) is 5.91 Å². The van der Waals surface area contributed by atoms with E-state index in [1.54, 1.807) is 73.7 Å². The minimum Gasteiger partial charge on any atom is -0.481 e. The number of carbonyl (C=O) groups excluding carboxylic acids is 2. The van der Waals surface area contributed by atoms with Crippen LogP contribution in [-0.4, -0.2) is 24.2 Å². The normalized spacial score (nSPS) is 11.7. The van der Waals surface area contributed by atoms with Gasteiger partial charge in [0.1, 0.15) is 11.5 Å². The molecular formula is C24H21ClN2O4. The maximum atomic E-state index is 12.2. The maximum absolute atomic E-state index is 12.2. The van der Waals surface area contributed by atoms with E-state index in [0.29, 0.717) is 22.1 Å². The molecule has 1 N–H and O–H groups in total. The first kappa shape index (κ1) is 22.1. The van der Waals surface area contributed by atoms with Gasteiger partial charge in [0.05, 0.1) is 11.8 Å². The number of nitrogens with one attached hydrogen (secondary N) is 1. The van der Waals surface area contributed by atoms with Crippen LogP contribution in [0.5, 0.6) is 11.5 Å². The van der Waals surface area contributed by atoms with Crippen molar-refractivity contribution in [2.45, 2.75) is 20.0 Å². The lowest BCUT2D eigenvalue weighted by molar-refractivity contribution is -0.127. The van der Waals surface area contributed by atoms with Crippen molar-refractivity contribution in [3.05, 3.63) is 94.5 Å². The van der Waals surface area contributed by atoms with Gasteiger partial charge in [-0.15, -0.1) is 0 Å². The molecule has 0 aliphatic carbocycles. The molecule has 3 rings (SSSR count). The fourth-order valence-corrected chi connectivity index (χ4v) is 2.72. The molecule has 0 unspecified atom stereocenters. The average molecular weight is 437 g/mol. The number of hydrogen-bond acceptors (Lipinski definition) is 5. The summed E-state index contributed by atoms with van der Waals surface area (Å²) in [5, 5.41) is 4.52. The molecular weight excluding hydrogens is 416 g/mol. The molecule has 0 aliphatic rings. The molecule has 31 heavy (non-hydrogen) atoms. The zero-order valence-corrected chi connectivity index (χ0v) is 17.8. The number of ether oxygens (including phenoxy) is 2. The fourth-order valence-electron chi connectivity index (χ4n) is 2.59. The Morgan fingerprint density at radius 3 is 2.35 bits per heavy atom. The minimum atomic E-state index is -0.735. The number of amides is 1. The largest absolute Gasteiger partial charge is 0.481 e. The number of halogens is 1. The quantitative estimate of drug-likeness (QED) is 0.250. The van der Waals surface area contributed by atoms with Crippen molar-refractivity contribution in [1.82, 2.24) is 5.43 Å². The maximum Gasteiger partial charge on any atom is 0.343 e. The standard InChI is InChI=1S/C24H21ClN2O4/c1-16-4-3-5-19(14-16)24(29)31-22-10-6-18(7-11-22)15-26-27-23(28)17(2)30-21-12-8-20(25)9-13-21/h3-15,17H,1-2H3,(H,27,28)/b26-15-/t17-/m1/s1. The molecule has 7 heteroatoms. The van der Waals surface area contributed by atoms with Crippen LogP contribution in [0.1, 0.15) is 28.4 Å². The summed E-state index contributed by atoms with van der Waals surface area (Å²) in [6, 6.07) is 20.7. The monoisotopic (exact) mass is 436 g/mol. The lowest BCUT2D eigenvalue weighted by atomic mass is 10.1. The van der Waals surface area contributed by atoms with Gasteiger partial charge in [-0.1, -0.05) is 29.3 Å². The summed E-state index contributed by atoms with van der Waals surface area (Å²) in [4.78, 5) is 24.3. The molecule has 1 amide bonds. The molecule has 6 nitrogen and oxygen atoms in total. The number of carbonyl (C=O) groups is 2. The van der Waals surface area contributed by atoms with Gasteiger partial charge in [0, 0.05) is 5.02 Å². The Morgan fingerprint density at radius 1 is 1.00 bits per heavy atom. The molecule has 3 aromatic rings. The molecule has 0 radical (unpaired) electrons. The molecule has 0 aliphatic heterocycles. The number of esters is 1. The van der Waals surface area contributed by atoms with Gasteiger partial charge in [-0.05, 0) is 80.1 Å². The molecule has 0 saturated carbocycles. The van der Waals surface area contributed by atoms with Crippen molar-refractivity contribution in [2.75, 3.05) is 0 Å². The fraction of sp³-hybridized carbons (Fsp3) is 0.125. The van der Waals surface area contributed by atoms with E-state index in [1.807, 2.05) is 13.0 Å². The Bertz CT molecular complexity index is 1080. The lowest BCUT2D eigenvalue weighted by Crippen LogP contribution is -2.33. The van der Waals surface area contributed by atoms with Crippen LogP contribution in [0.4, 0.5) is 0 Å². The zero-order chi connectivity index (χ0) is 22.2. The molecule has 1 atom stereocenters. The molecule has 0 saturated heterocycles. The molecule has 0 bridgehead atoms. The second-order valence-electron chi connectivity index (χ2n) is 6.78. The molecule has 0 heterocycles. The van der Waals surface area contributed by atoms with Crippen molar-refractivity contribution in [3.8, 4) is 11.5 Å².